The molecule has 2 aromatic rings. The maximum absolute atomic E-state index is 12.9. The van der Waals surface area contributed by atoms with Gasteiger partial charge in [-0.3, -0.25) is 0 Å². The van der Waals surface area contributed by atoms with Gasteiger partial charge in [0.25, 0.3) is 0 Å². The van der Waals surface area contributed by atoms with Gasteiger partial charge in [-0.1, -0.05) is 12.1 Å². The van der Waals surface area contributed by atoms with E-state index in [0.717, 1.165) is 17.0 Å². The highest BCUT2D eigenvalue weighted by molar-refractivity contribution is 5.48. The van der Waals surface area contributed by atoms with Crippen molar-refractivity contribution < 1.29 is 14.2 Å². The molecule has 1 atom stereocenters. The van der Waals surface area contributed by atoms with Crippen molar-refractivity contribution in [2.45, 2.75) is 12.5 Å². The second-order valence-corrected chi connectivity index (χ2v) is 4.85. The van der Waals surface area contributed by atoms with Crippen LogP contribution in [0.2, 0.25) is 0 Å². The van der Waals surface area contributed by atoms with E-state index in [1.54, 1.807) is 19.2 Å². The smallest absolute Gasteiger partial charge is 0.123 e. The van der Waals surface area contributed by atoms with Crippen LogP contribution in [0.4, 0.5) is 10.1 Å². The Labute approximate surface area is 118 Å². The van der Waals surface area contributed by atoms with Crippen molar-refractivity contribution in [3.8, 4) is 5.75 Å². The lowest BCUT2D eigenvalue weighted by Crippen LogP contribution is -2.35. The zero-order valence-corrected chi connectivity index (χ0v) is 11.6. The molecule has 2 N–H and O–H groups in total. The number of nitrogens with one attached hydrogen (secondary N) is 1. The van der Waals surface area contributed by atoms with Crippen LogP contribution in [-0.4, -0.2) is 18.8 Å². The van der Waals surface area contributed by atoms with Crippen molar-refractivity contribution in [2.75, 3.05) is 19.0 Å². The van der Waals surface area contributed by atoms with Gasteiger partial charge >= 0.3 is 0 Å². The maximum atomic E-state index is 12.9. The summed E-state index contributed by atoms with van der Waals surface area (Å²) in [7, 11) is 1.61. The summed E-state index contributed by atoms with van der Waals surface area (Å²) in [6.45, 7) is 1.80. The van der Waals surface area contributed by atoms with E-state index >= 15 is 0 Å². The van der Waals surface area contributed by atoms with Crippen molar-refractivity contribution in [3.05, 3.63) is 59.9 Å². The molecule has 2 rings (SSSR count). The van der Waals surface area contributed by atoms with E-state index in [4.69, 9.17) is 4.74 Å². The monoisotopic (exact) mass is 275 g/mol. The number of aliphatic hydroxyl groups is 1. The van der Waals surface area contributed by atoms with Crippen LogP contribution >= 0.6 is 0 Å². The van der Waals surface area contributed by atoms with Crippen molar-refractivity contribution in [1.29, 1.82) is 0 Å². The molecule has 0 aliphatic carbocycles. The molecule has 0 saturated heterocycles. The van der Waals surface area contributed by atoms with E-state index < -0.39 is 5.54 Å². The van der Waals surface area contributed by atoms with Crippen LogP contribution in [0, 0.1) is 5.82 Å². The molecule has 3 nitrogen and oxygen atoms in total. The summed E-state index contributed by atoms with van der Waals surface area (Å²) in [4.78, 5) is 0. The molecule has 106 valence electrons. The topological polar surface area (TPSA) is 41.5 Å². The number of benzene rings is 2. The second kappa shape index (κ2) is 5.92. The molecular weight excluding hydrogens is 257 g/mol. The minimum Gasteiger partial charge on any atom is -0.497 e. The molecule has 0 aliphatic rings. The van der Waals surface area contributed by atoms with Gasteiger partial charge in [0.15, 0.2) is 0 Å². The maximum Gasteiger partial charge on any atom is 0.123 e. The zero-order chi connectivity index (χ0) is 14.6. The van der Waals surface area contributed by atoms with Gasteiger partial charge in [0.2, 0.25) is 0 Å². The highest BCUT2D eigenvalue weighted by Crippen LogP contribution is 2.27. The predicted octanol–water partition coefficient (Wildman–Crippen LogP) is 3.15. The van der Waals surface area contributed by atoms with Crippen molar-refractivity contribution in [3.63, 3.8) is 0 Å². The third kappa shape index (κ3) is 3.08. The summed E-state index contributed by atoms with van der Waals surface area (Å²) in [5.74, 6) is 0.474. The minimum absolute atomic E-state index is 0.0866. The Morgan fingerprint density at radius 1 is 1.10 bits per heavy atom. The molecule has 20 heavy (non-hydrogen) atoms. The molecule has 0 saturated carbocycles. The molecular formula is C16H18FNO2. The number of aliphatic hydroxyl groups excluding tert-OH is 1. The van der Waals surface area contributed by atoms with Crippen LogP contribution in [-0.2, 0) is 5.54 Å². The first-order valence-electron chi connectivity index (χ1n) is 6.36. The molecule has 0 spiro atoms. The molecule has 0 bridgehead atoms. The van der Waals surface area contributed by atoms with Gasteiger partial charge in [-0.05, 0) is 48.9 Å². The number of anilines is 1. The third-order valence-electron chi connectivity index (χ3n) is 3.31. The first-order chi connectivity index (χ1) is 9.57. The fourth-order valence-electron chi connectivity index (χ4n) is 2.01. The van der Waals surface area contributed by atoms with Gasteiger partial charge in [-0.15, -0.1) is 0 Å². The average molecular weight is 275 g/mol. The van der Waals surface area contributed by atoms with Gasteiger partial charge in [0.1, 0.15) is 11.6 Å². The van der Waals surface area contributed by atoms with Gasteiger partial charge in [-0.25, -0.2) is 4.39 Å². The summed E-state index contributed by atoms with van der Waals surface area (Å²) in [5.41, 5.74) is 1.02. The standard InChI is InChI=1S/C16H18FNO2/c1-16(11-19,12-3-9-15(20-2)10-4-12)18-14-7-5-13(17)6-8-14/h3-10,18-19H,11H2,1-2H3. The molecule has 0 radical (unpaired) electrons. The number of methoxy groups -OCH3 is 1. The Hall–Kier alpha value is -2.07. The molecule has 0 heterocycles. The van der Waals surface area contributed by atoms with Gasteiger partial charge < -0.3 is 15.2 Å². The number of hydrogen-bond donors (Lipinski definition) is 2. The minimum atomic E-state index is -0.649. The van der Waals surface area contributed by atoms with E-state index in [-0.39, 0.29) is 12.4 Å². The summed E-state index contributed by atoms with van der Waals surface area (Å²) in [6.07, 6.45) is 0. The Morgan fingerprint density at radius 3 is 2.20 bits per heavy atom. The van der Waals surface area contributed by atoms with Crippen molar-refractivity contribution in [2.24, 2.45) is 0 Å². The molecule has 0 aromatic heterocycles. The molecule has 0 aliphatic heterocycles. The van der Waals surface area contributed by atoms with Gasteiger partial charge in [0.05, 0.1) is 19.3 Å². The number of hydrogen-bond acceptors (Lipinski definition) is 3. The molecule has 0 amide bonds. The third-order valence-corrected chi connectivity index (χ3v) is 3.31. The zero-order valence-electron chi connectivity index (χ0n) is 11.6. The lowest BCUT2D eigenvalue weighted by molar-refractivity contribution is 0.224. The SMILES string of the molecule is COc1ccc(C(C)(CO)Nc2ccc(F)cc2)cc1. The van der Waals surface area contributed by atoms with Gasteiger partial charge in [-0.2, -0.15) is 0 Å². The fourth-order valence-corrected chi connectivity index (χ4v) is 2.01. The van der Waals surface area contributed by atoms with Crippen LogP contribution in [0.1, 0.15) is 12.5 Å². The number of ether oxygens (including phenoxy) is 1. The lowest BCUT2D eigenvalue weighted by Gasteiger charge is -2.30. The van der Waals surface area contributed by atoms with Crippen LogP contribution in [0.25, 0.3) is 0 Å². The Bertz CT molecular complexity index is 554. The van der Waals surface area contributed by atoms with Gasteiger partial charge in [0, 0.05) is 5.69 Å². The quantitative estimate of drug-likeness (QED) is 0.880. The largest absolute Gasteiger partial charge is 0.497 e. The molecule has 1 unspecified atom stereocenters. The first-order valence-corrected chi connectivity index (χ1v) is 6.36. The predicted molar refractivity (Wildman–Crippen MR) is 77.5 cm³/mol. The van der Waals surface area contributed by atoms with Crippen LogP contribution < -0.4 is 10.1 Å². The Balaban J connectivity index is 2.25. The van der Waals surface area contributed by atoms with E-state index in [0.29, 0.717) is 0 Å². The van der Waals surface area contributed by atoms with Crippen LogP contribution in [0.15, 0.2) is 48.5 Å². The first kappa shape index (κ1) is 14.3. The molecule has 4 heteroatoms. The Kier molecular flexibility index (Phi) is 4.25. The normalized spacial score (nSPS) is 13.6. The summed E-state index contributed by atoms with van der Waals surface area (Å²) >= 11 is 0. The Morgan fingerprint density at radius 2 is 1.70 bits per heavy atom. The lowest BCUT2D eigenvalue weighted by atomic mass is 9.92. The number of halogens is 1. The highest BCUT2D eigenvalue weighted by atomic mass is 19.1. The fraction of sp³-hybridized carbons (Fsp3) is 0.250. The second-order valence-electron chi connectivity index (χ2n) is 4.85. The molecule has 0 fully saturated rings. The van der Waals surface area contributed by atoms with E-state index in [1.807, 2.05) is 31.2 Å². The number of rotatable bonds is 5. The summed E-state index contributed by atoms with van der Waals surface area (Å²) < 4.78 is 18.0. The van der Waals surface area contributed by atoms with E-state index in [2.05, 4.69) is 5.32 Å². The molecule has 2 aromatic carbocycles. The highest BCUT2D eigenvalue weighted by Gasteiger charge is 2.25. The summed E-state index contributed by atoms with van der Waals surface area (Å²) in [5, 5.41) is 12.9. The van der Waals surface area contributed by atoms with Crippen LogP contribution in [0.3, 0.4) is 0 Å². The van der Waals surface area contributed by atoms with Crippen molar-refractivity contribution >= 4 is 5.69 Å². The van der Waals surface area contributed by atoms with E-state index in [9.17, 15) is 9.50 Å². The van der Waals surface area contributed by atoms with Crippen molar-refractivity contribution in [1.82, 2.24) is 0 Å². The van der Waals surface area contributed by atoms with Crippen LogP contribution in [0.5, 0.6) is 5.75 Å². The van der Waals surface area contributed by atoms with E-state index in [1.165, 1.54) is 12.1 Å². The average Bonchev–Trinajstić information content (AvgIpc) is 2.49. The summed E-state index contributed by atoms with van der Waals surface area (Å²) in [6, 6.07) is 13.5.